The van der Waals surface area contributed by atoms with Crippen LogP contribution in [0.15, 0.2) is 79.0 Å². The van der Waals surface area contributed by atoms with E-state index in [1.807, 2.05) is 85.6 Å². The van der Waals surface area contributed by atoms with Crippen molar-refractivity contribution < 1.29 is 19.1 Å². The summed E-state index contributed by atoms with van der Waals surface area (Å²) in [4.78, 5) is 60.9. The van der Waals surface area contributed by atoms with Crippen LogP contribution in [0.25, 0.3) is 22.3 Å². The van der Waals surface area contributed by atoms with Gasteiger partial charge in [0.05, 0.1) is 42.1 Å². The molecule has 3 N–H and O–H groups in total. The predicted octanol–water partition coefficient (Wildman–Crippen LogP) is 8.84. The van der Waals surface area contributed by atoms with Crippen LogP contribution >= 0.6 is 67.5 Å². The fraction of sp³-hybridized carbons (Fsp3) is 0.438. The van der Waals surface area contributed by atoms with Gasteiger partial charge in [-0.1, -0.05) is 82.0 Å². The molecule has 0 unspecified atom stereocenters. The van der Waals surface area contributed by atoms with Gasteiger partial charge in [-0.05, 0) is 103 Å². The molecule has 5 aromatic rings. The third-order valence-electron chi connectivity index (χ3n) is 13.6. The van der Waals surface area contributed by atoms with Crippen LogP contribution in [0.1, 0.15) is 113 Å². The van der Waals surface area contributed by atoms with Gasteiger partial charge in [-0.2, -0.15) is 67.5 Å². The van der Waals surface area contributed by atoms with Gasteiger partial charge in [0.25, 0.3) is 0 Å². The van der Waals surface area contributed by atoms with Gasteiger partial charge in [0.15, 0.2) is 0 Å². The molecule has 2 saturated heterocycles. The van der Waals surface area contributed by atoms with Crippen LogP contribution in [-0.4, -0.2) is 73.9 Å². The molecule has 0 bridgehead atoms. The van der Waals surface area contributed by atoms with E-state index in [4.69, 9.17) is 14.7 Å². The minimum absolute atomic E-state index is 0. The van der Waals surface area contributed by atoms with Gasteiger partial charge in [0.2, 0.25) is 11.8 Å². The van der Waals surface area contributed by atoms with Crippen molar-refractivity contribution >= 4 is 96.4 Å². The number of hydrogen-bond acceptors (Lipinski definition) is 6. The second-order valence-corrected chi connectivity index (χ2v) is 18.1. The van der Waals surface area contributed by atoms with Crippen molar-refractivity contribution in [1.82, 2.24) is 35.1 Å². The fourth-order valence-corrected chi connectivity index (χ4v) is 9.34. The first kappa shape index (κ1) is 52.5. The van der Waals surface area contributed by atoms with Crippen LogP contribution in [0.2, 0.25) is 0 Å². The predicted molar refractivity (Wildman–Crippen MR) is 278 cm³/mol. The number of fused-ring (bicyclic) bond motifs is 1. The molecular formula is C48H63N7O4S5. The molecule has 2 saturated carbocycles. The zero-order valence-electron chi connectivity index (χ0n) is 37.0. The van der Waals surface area contributed by atoms with Crippen molar-refractivity contribution in [2.45, 2.75) is 90.3 Å². The monoisotopic (exact) mass is 961 g/mol. The zero-order chi connectivity index (χ0) is 41.1. The minimum atomic E-state index is -0.681. The summed E-state index contributed by atoms with van der Waals surface area (Å²) >= 11 is 0. The molecule has 344 valence electrons. The second-order valence-electron chi connectivity index (χ2n) is 18.1. The number of aromatic amines is 2. The zero-order valence-corrected chi connectivity index (χ0v) is 42.0. The van der Waals surface area contributed by atoms with E-state index in [9.17, 15) is 14.4 Å². The Labute approximate surface area is 411 Å². The van der Waals surface area contributed by atoms with Crippen molar-refractivity contribution in [3.05, 3.63) is 107 Å². The molecule has 4 fully saturated rings. The second kappa shape index (κ2) is 21.0. The number of rotatable bonds is 9. The Kier molecular flexibility index (Phi) is 17.2. The molecule has 11 nitrogen and oxygen atoms in total. The van der Waals surface area contributed by atoms with E-state index in [-0.39, 0.29) is 120 Å². The first-order valence-electron chi connectivity index (χ1n) is 21.1. The first-order chi connectivity index (χ1) is 28.4. The van der Waals surface area contributed by atoms with E-state index in [1.54, 1.807) is 0 Å². The Hall–Kier alpha value is -4.14. The number of nitrogens with zero attached hydrogens (tertiary/aromatic N) is 4. The summed E-state index contributed by atoms with van der Waals surface area (Å²) in [6, 6.07) is 23.5. The summed E-state index contributed by atoms with van der Waals surface area (Å²) in [6.45, 7) is 9.53. The molecule has 64 heavy (non-hydrogen) atoms. The van der Waals surface area contributed by atoms with Crippen molar-refractivity contribution in [2.75, 3.05) is 20.2 Å². The highest BCUT2D eigenvalue weighted by Gasteiger charge is 2.56. The van der Waals surface area contributed by atoms with Crippen LogP contribution in [0.4, 0.5) is 4.79 Å². The maximum absolute atomic E-state index is 14.1. The molecule has 3 aromatic carbocycles. The van der Waals surface area contributed by atoms with Gasteiger partial charge in [0.1, 0.15) is 17.7 Å². The molecule has 9 rings (SSSR count). The maximum Gasteiger partial charge on any atom is 0.407 e. The van der Waals surface area contributed by atoms with Crippen LogP contribution < -0.4 is 5.32 Å². The average molecular weight is 962 g/mol. The molecule has 2 aliphatic carbocycles. The van der Waals surface area contributed by atoms with Crippen LogP contribution in [0.5, 0.6) is 0 Å². The van der Waals surface area contributed by atoms with Gasteiger partial charge in [-0.3, -0.25) is 9.59 Å². The molecule has 2 spiro atoms. The molecule has 5 atom stereocenters. The van der Waals surface area contributed by atoms with Crippen molar-refractivity contribution in [2.24, 2.45) is 22.7 Å². The number of benzene rings is 3. The molecule has 2 aromatic heterocycles. The third-order valence-corrected chi connectivity index (χ3v) is 13.6. The molecule has 4 aliphatic rings. The average Bonchev–Trinajstić information content (AvgIpc) is 3.87. The summed E-state index contributed by atoms with van der Waals surface area (Å²) < 4.78 is 4.81. The summed E-state index contributed by atoms with van der Waals surface area (Å²) in [5.41, 5.74) is 6.93. The Morgan fingerprint density at radius 2 is 1.33 bits per heavy atom. The standard InChI is InChI=1S/C48H53N7O4.5H2S/c1-29(2)41(53-46(58)59-5)45(57)55-28-47(19-20-47)24-39(55)42-49-26-38(52-42)35-16-13-32(14-17-35)11-12-33-15-18-36-37(23-33)51-43(50-36)40-25-48(21-22-48)27-54(40)44(56)31(4)30(3)34-9-7-6-8-10-34;;;;;/h6-10,13-18,23,26,29-31,39-41H,19-22,24-25,27-28H2,1-5H3,(H,49,52)(H,50,51)(H,53,58);5*1H2/t30-,31+,39+,40+,41+;;;;;/m1...../s1. The highest BCUT2D eigenvalue weighted by atomic mass is 32.1. The number of imidazole rings is 2. The van der Waals surface area contributed by atoms with Crippen molar-refractivity contribution in [1.29, 1.82) is 0 Å². The Balaban J connectivity index is 0.00000180. The minimum Gasteiger partial charge on any atom is -0.453 e. The van der Waals surface area contributed by atoms with Gasteiger partial charge in [-0.15, -0.1) is 0 Å². The van der Waals surface area contributed by atoms with Gasteiger partial charge >= 0.3 is 6.09 Å². The van der Waals surface area contributed by atoms with E-state index in [0.29, 0.717) is 6.54 Å². The summed E-state index contributed by atoms with van der Waals surface area (Å²) in [5, 5.41) is 2.75. The van der Waals surface area contributed by atoms with E-state index >= 15 is 0 Å². The van der Waals surface area contributed by atoms with Crippen LogP contribution in [0.3, 0.4) is 0 Å². The number of ether oxygens (including phenoxy) is 1. The smallest absolute Gasteiger partial charge is 0.407 e. The number of methoxy groups -OCH3 is 1. The maximum atomic E-state index is 14.1. The van der Waals surface area contributed by atoms with Gasteiger partial charge < -0.3 is 29.8 Å². The van der Waals surface area contributed by atoms with Crippen molar-refractivity contribution in [3.63, 3.8) is 0 Å². The summed E-state index contributed by atoms with van der Waals surface area (Å²) in [6.07, 6.45) is 7.53. The lowest BCUT2D eigenvalue weighted by molar-refractivity contribution is -0.137. The molecule has 0 radical (unpaired) electrons. The largest absolute Gasteiger partial charge is 0.453 e. The molecule has 3 amide bonds. The molecular weight excluding hydrogens is 899 g/mol. The number of carbonyl (C=O) groups is 3. The molecule has 4 heterocycles. The number of carbonyl (C=O) groups excluding carboxylic acids is 3. The van der Waals surface area contributed by atoms with E-state index < -0.39 is 12.1 Å². The normalized spacial score (nSPS) is 19.7. The van der Waals surface area contributed by atoms with E-state index in [0.717, 1.165) is 77.3 Å². The van der Waals surface area contributed by atoms with Crippen LogP contribution in [-0.2, 0) is 14.3 Å². The number of alkyl carbamates (subject to hydrolysis) is 1. The van der Waals surface area contributed by atoms with E-state index in [2.05, 4.69) is 58.0 Å². The highest BCUT2D eigenvalue weighted by Crippen LogP contribution is 2.59. The molecule has 2 aliphatic heterocycles. The number of hydrogen-bond donors (Lipinski definition) is 3. The fourth-order valence-electron chi connectivity index (χ4n) is 9.34. The molecule has 16 heteroatoms. The summed E-state index contributed by atoms with van der Waals surface area (Å²) in [7, 11) is 1.31. The lowest BCUT2D eigenvalue weighted by Gasteiger charge is -2.30. The Bertz CT molecular complexity index is 2480. The first-order valence-corrected chi connectivity index (χ1v) is 21.1. The topological polar surface area (TPSA) is 136 Å². The number of H-pyrrole nitrogens is 2. The number of nitrogens with one attached hydrogen (secondary N) is 3. The van der Waals surface area contributed by atoms with Crippen LogP contribution in [0, 0.1) is 34.5 Å². The Morgan fingerprint density at radius 3 is 1.92 bits per heavy atom. The van der Waals surface area contributed by atoms with Crippen molar-refractivity contribution in [3.8, 4) is 23.1 Å². The Morgan fingerprint density at radius 1 is 0.750 bits per heavy atom. The highest BCUT2D eigenvalue weighted by molar-refractivity contribution is 7.60. The number of amides is 3. The lowest BCUT2D eigenvalue weighted by atomic mass is 9.88. The SMILES string of the molecule is COC(=O)N[C@H](C(=O)N1CC2(CC2)C[C@H]1c1ncc(-c2ccc(C#Cc3ccc4nc([C@@H]5CC6(CC6)CN5C(=O)[C@@H](C)[C@@H](C)c5ccccc5)[nH]c4c3)cc2)[nH]1)C(C)C.S.S.S.S.S. The number of aromatic nitrogens is 4. The number of likely N-dealkylation sites (tertiary alicyclic amines) is 2. The quantitative estimate of drug-likeness (QED) is 0.126. The van der Waals surface area contributed by atoms with E-state index in [1.165, 1.54) is 25.5 Å². The summed E-state index contributed by atoms with van der Waals surface area (Å²) in [5.74, 6) is 8.24. The van der Waals surface area contributed by atoms with Gasteiger partial charge in [0, 0.05) is 30.1 Å². The third kappa shape index (κ3) is 10.6. The lowest BCUT2D eigenvalue weighted by Crippen LogP contribution is -2.51. The van der Waals surface area contributed by atoms with Gasteiger partial charge in [-0.25, -0.2) is 14.8 Å².